The van der Waals surface area contributed by atoms with Crippen LogP contribution in [-0.2, 0) is 13.0 Å². The van der Waals surface area contributed by atoms with Crippen molar-refractivity contribution in [3.05, 3.63) is 59.1 Å². The molecule has 20 heavy (non-hydrogen) atoms. The van der Waals surface area contributed by atoms with Crippen molar-refractivity contribution < 1.29 is 0 Å². The molecule has 0 aliphatic carbocycles. The number of rotatable bonds is 5. The lowest BCUT2D eigenvalue weighted by Gasteiger charge is -2.11. The molecule has 0 bridgehead atoms. The van der Waals surface area contributed by atoms with E-state index in [-0.39, 0.29) is 0 Å². The summed E-state index contributed by atoms with van der Waals surface area (Å²) in [4.78, 5) is 9.73. The van der Waals surface area contributed by atoms with Gasteiger partial charge in [0, 0.05) is 23.5 Å². The highest BCUT2D eigenvalue weighted by Crippen LogP contribution is 2.21. The minimum absolute atomic E-state index is 0.795. The second-order valence-electron chi connectivity index (χ2n) is 4.41. The standard InChI is InChI=1S/C15H16N4S/c1-2-15-18-10-12(20-15)9-17-13-5-3-4-6-14(13)19-8-7-16-11-19/h3-8,10-11,17H,2,9H2,1H3. The molecule has 0 atom stereocenters. The van der Waals surface area contributed by atoms with Crippen LogP contribution < -0.4 is 5.32 Å². The number of benzene rings is 1. The number of hydrogen-bond acceptors (Lipinski definition) is 4. The highest BCUT2D eigenvalue weighted by atomic mass is 32.1. The first kappa shape index (κ1) is 12.9. The minimum atomic E-state index is 0.795. The van der Waals surface area contributed by atoms with E-state index in [4.69, 9.17) is 0 Å². The monoisotopic (exact) mass is 284 g/mol. The summed E-state index contributed by atoms with van der Waals surface area (Å²) in [6.07, 6.45) is 8.49. The zero-order valence-corrected chi connectivity index (χ0v) is 12.1. The van der Waals surface area contributed by atoms with Crippen molar-refractivity contribution in [3.8, 4) is 5.69 Å². The molecule has 1 N–H and O–H groups in total. The summed E-state index contributed by atoms with van der Waals surface area (Å²) in [6.45, 7) is 2.92. The lowest BCUT2D eigenvalue weighted by Crippen LogP contribution is -2.02. The zero-order chi connectivity index (χ0) is 13.8. The number of nitrogens with zero attached hydrogens (tertiary/aromatic N) is 3. The van der Waals surface area contributed by atoms with Gasteiger partial charge >= 0.3 is 0 Å². The smallest absolute Gasteiger partial charge is 0.0992 e. The molecular weight excluding hydrogens is 268 g/mol. The van der Waals surface area contributed by atoms with Crippen LogP contribution in [0.25, 0.3) is 5.69 Å². The molecule has 1 aromatic carbocycles. The number of anilines is 1. The normalized spacial score (nSPS) is 10.7. The van der Waals surface area contributed by atoms with Crippen molar-refractivity contribution in [2.24, 2.45) is 0 Å². The van der Waals surface area contributed by atoms with E-state index in [1.54, 1.807) is 17.5 Å². The van der Waals surface area contributed by atoms with E-state index in [1.807, 2.05) is 35.4 Å². The van der Waals surface area contributed by atoms with Gasteiger partial charge in [-0.15, -0.1) is 11.3 Å². The molecule has 0 aliphatic heterocycles. The van der Waals surface area contributed by atoms with Crippen molar-refractivity contribution in [2.45, 2.75) is 19.9 Å². The number of aromatic nitrogens is 3. The quantitative estimate of drug-likeness (QED) is 0.779. The summed E-state index contributed by atoms with van der Waals surface area (Å²) in [6, 6.07) is 8.22. The van der Waals surface area contributed by atoms with Gasteiger partial charge in [0.05, 0.1) is 29.3 Å². The second-order valence-corrected chi connectivity index (χ2v) is 5.61. The van der Waals surface area contributed by atoms with E-state index in [0.29, 0.717) is 0 Å². The van der Waals surface area contributed by atoms with Crippen LogP contribution >= 0.6 is 11.3 Å². The summed E-state index contributed by atoms with van der Waals surface area (Å²) < 4.78 is 2.01. The zero-order valence-electron chi connectivity index (χ0n) is 11.3. The molecule has 3 aromatic rings. The molecule has 2 aromatic heterocycles. The molecule has 3 rings (SSSR count). The van der Waals surface area contributed by atoms with Crippen molar-refractivity contribution in [3.63, 3.8) is 0 Å². The number of nitrogens with one attached hydrogen (secondary N) is 1. The Kier molecular flexibility index (Phi) is 3.78. The van der Waals surface area contributed by atoms with Gasteiger partial charge in [-0.05, 0) is 18.6 Å². The Bertz CT molecular complexity index is 673. The van der Waals surface area contributed by atoms with Gasteiger partial charge in [0.25, 0.3) is 0 Å². The third-order valence-corrected chi connectivity index (χ3v) is 4.19. The molecule has 0 spiro atoms. The number of aryl methyl sites for hydroxylation is 1. The SMILES string of the molecule is CCc1ncc(CNc2ccccc2-n2ccnc2)s1. The summed E-state index contributed by atoms with van der Waals surface area (Å²) >= 11 is 1.76. The van der Waals surface area contributed by atoms with Crippen molar-refractivity contribution in [1.29, 1.82) is 0 Å². The molecule has 0 fully saturated rings. The van der Waals surface area contributed by atoms with E-state index in [9.17, 15) is 0 Å². The van der Waals surface area contributed by atoms with Crippen LogP contribution in [0.3, 0.4) is 0 Å². The van der Waals surface area contributed by atoms with E-state index < -0.39 is 0 Å². The maximum atomic E-state index is 4.38. The van der Waals surface area contributed by atoms with E-state index in [1.165, 1.54) is 9.88 Å². The third kappa shape index (κ3) is 2.72. The summed E-state index contributed by atoms with van der Waals surface area (Å²) in [5.74, 6) is 0. The Morgan fingerprint density at radius 3 is 2.95 bits per heavy atom. The lowest BCUT2D eigenvalue weighted by atomic mass is 10.2. The highest BCUT2D eigenvalue weighted by molar-refractivity contribution is 7.11. The first-order valence-corrected chi connectivity index (χ1v) is 7.43. The van der Waals surface area contributed by atoms with Crippen molar-refractivity contribution >= 4 is 17.0 Å². The Balaban J connectivity index is 1.77. The van der Waals surface area contributed by atoms with Gasteiger partial charge < -0.3 is 9.88 Å². The molecule has 0 unspecified atom stereocenters. The third-order valence-electron chi connectivity index (χ3n) is 3.04. The lowest BCUT2D eigenvalue weighted by molar-refractivity contribution is 1.04. The van der Waals surface area contributed by atoms with Crippen LogP contribution in [0.2, 0.25) is 0 Å². The van der Waals surface area contributed by atoms with E-state index in [0.717, 1.165) is 24.3 Å². The van der Waals surface area contributed by atoms with Gasteiger partial charge in [0.2, 0.25) is 0 Å². The maximum absolute atomic E-state index is 4.38. The van der Waals surface area contributed by atoms with Gasteiger partial charge in [-0.3, -0.25) is 0 Å². The van der Waals surface area contributed by atoms with Crippen LogP contribution in [0.5, 0.6) is 0 Å². The fourth-order valence-electron chi connectivity index (χ4n) is 2.03. The largest absolute Gasteiger partial charge is 0.378 e. The Morgan fingerprint density at radius 1 is 1.30 bits per heavy atom. The predicted octanol–water partition coefficient (Wildman–Crippen LogP) is 3.50. The van der Waals surface area contributed by atoms with E-state index >= 15 is 0 Å². The fraction of sp³-hybridized carbons (Fsp3) is 0.200. The Labute approximate surface area is 122 Å². The molecule has 4 nitrogen and oxygen atoms in total. The van der Waals surface area contributed by atoms with Crippen LogP contribution in [0, 0.1) is 0 Å². The van der Waals surface area contributed by atoms with Gasteiger partial charge in [-0.1, -0.05) is 19.1 Å². The average Bonchev–Trinajstić information content (AvgIpc) is 3.17. The number of hydrogen-bond donors (Lipinski definition) is 1. The van der Waals surface area contributed by atoms with Crippen LogP contribution in [-0.4, -0.2) is 14.5 Å². The highest BCUT2D eigenvalue weighted by Gasteiger charge is 2.05. The molecule has 0 amide bonds. The molecule has 5 heteroatoms. The summed E-state index contributed by atoms with van der Waals surface area (Å²) in [7, 11) is 0. The number of para-hydroxylation sites is 2. The second kappa shape index (κ2) is 5.88. The van der Waals surface area contributed by atoms with Gasteiger partial charge in [0.1, 0.15) is 0 Å². The topological polar surface area (TPSA) is 42.7 Å². The number of imidazole rings is 1. The van der Waals surface area contributed by atoms with E-state index in [2.05, 4.69) is 34.3 Å². The molecule has 0 radical (unpaired) electrons. The molecule has 0 saturated heterocycles. The first-order chi connectivity index (χ1) is 9.86. The molecule has 0 saturated carbocycles. The average molecular weight is 284 g/mol. The number of thiazole rings is 1. The molecular formula is C15H16N4S. The fourth-order valence-corrected chi connectivity index (χ4v) is 2.83. The maximum Gasteiger partial charge on any atom is 0.0992 e. The molecule has 2 heterocycles. The minimum Gasteiger partial charge on any atom is -0.378 e. The van der Waals surface area contributed by atoms with Crippen molar-refractivity contribution in [1.82, 2.24) is 14.5 Å². The summed E-state index contributed by atoms with van der Waals surface area (Å²) in [5, 5.41) is 4.66. The van der Waals surface area contributed by atoms with Crippen LogP contribution in [0.4, 0.5) is 5.69 Å². The Hall–Kier alpha value is -2.14. The summed E-state index contributed by atoms with van der Waals surface area (Å²) in [5.41, 5.74) is 2.20. The Morgan fingerprint density at radius 2 is 2.20 bits per heavy atom. The molecule has 0 aliphatic rings. The van der Waals surface area contributed by atoms with Gasteiger partial charge in [-0.2, -0.15) is 0 Å². The first-order valence-electron chi connectivity index (χ1n) is 6.61. The molecule has 102 valence electrons. The van der Waals surface area contributed by atoms with Gasteiger partial charge in [0.15, 0.2) is 0 Å². The van der Waals surface area contributed by atoms with Crippen LogP contribution in [0.1, 0.15) is 16.8 Å². The van der Waals surface area contributed by atoms with Gasteiger partial charge in [-0.25, -0.2) is 9.97 Å². The van der Waals surface area contributed by atoms with Crippen molar-refractivity contribution in [2.75, 3.05) is 5.32 Å². The predicted molar refractivity (Wildman–Crippen MR) is 82.4 cm³/mol. The van der Waals surface area contributed by atoms with Crippen LogP contribution in [0.15, 0.2) is 49.2 Å².